The highest BCUT2D eigenvalue weighted by Gasteiger charge is 2.26. The van der Waals surface area contributed by atoms with Crippen LogP contribution in [0.3, 0.4) is 0 Å². The van der Waals surface area contributed by atoms with Gasteiger partial charge in [-0.25, -0.2) is 0 Å². The van der Waals surface area contributed by atoms with Crippen molar-refractivity contribution in [3.05, 3.63) is 0 Å². The topological polar surface area (TPSA) is 61.4 Å². The highest BCUT2D eigenvalue weighted by Crippen LogP contribution is 2.19. The van der Waals surface area contributed by atoms with E-state index in [1.54, 1.807) is 0 Å². The highest BCUT2D eigenvalue weighted by molar-refractivity contribution is 7.87. The van der Waals surface area contributed by atoms with E-state index >= 15 is 0 Å². The fraction of sp³-hybridized carbons (Fsp3) is 1.00. The first-order valence-electron chi connectivity index (χ1n) is 7.54. The van der Waals surface area contributed by atoms with Crippen LogP contribution in [0.1, 0.15) is 52.9 Å². The van der Waals surface area contributed by atoms with Crippen molar-refractivity contribution < 1.29 is 8.42 Å². The zero-order valence-electron chi connectivity index (χ0n) is 12.5. The van der Waals surface area contributed by atoms with E-state index in [4.69, 9.17) is 0 Å². The van der Waals surface area contributed by atoms with Crippen molar-refractivity contribution in [3.8, 4) is 0 Å². The first-order chi connectivity index (χ1) is 9.03. The zero-order valence-corrected chi connectivity index (χ0v) is 13.3. The van der Waals surface area contributed by atoms with Gasteiger partial charge in [0, 0.05) is 25.2 Å². The van der Waals surface area contributed by atoms with Crippen molar-refractivity contribution >= 4 is 10.2 Å². The molecular formula is C13H29N3O2S. The standard InChI is InChI=1S/C13H29N3O2S/c1-4-11-14-12-7-9-13(10-8-12)15-19(17,18)16(5-2)6-3/h12-15H,4-11H2,1-3H3. The molecule has 1 saturated carbocycles. The summed E-state index contributed by atoms with van der Waals surface area (Å²) in [4.78, 5) is 0. The average molecular weight is 291 g/mol. The van der Waals surface area contributed by atoms with Crippen LogP contribution in [-0.4, -0.2) is 44.4 Å². The van der Waals surface area contributed by atoms with E-state index in [1.807, 2.05) is 13.8 Å². The van der Waals surface area contributed by atoms with Gasteiger partial charge in [-0.15, -0.1) is 0 Å². The van der Waals surface area contributed by atoms with Gasteiger partial charge in [0.05, 0.1) is 0 Å². The molecule has 0 aromatic heterocycles. The van der Waals surface area contributed by atoms with Crippen LogP contribution in [0.4, 0.5) is 0 Å². The Balaban J connectivity index is 2.40. The third kappa shape index (κ3) is 5.38. The molecule has 5 nitrogen and oxygen atoms in total. The van der Waals surface area contributed by atoms with Gasteiger partial charge in [-0.2, -0.15) is 17.4 Å². The minimum absolute atomic E-state index is 0.102. The summed E-state index contributed by atoms with van der Waals surface area (Å²) in [6.45, 7) is 8.01. The normalized spacial score (nSPS) is 24.8. The third-order valence-electron chi connectivity index (χ3n) is 3.77. The van der Waals surface area contributed by atoms with E-state index in [-0.39, 0.29) is 6.04 Å². The maximum absolute atomic E-state index is 12.1. The molecule has 0 atom stereocenters. The first kappa shape index (κ1) is 16.9. The van der Waals surface area contributed by atoms with Crippen LogP contribution in [0.2, 0.25) is 0 Å². The van der Waals surface area contributed by atoms with Crippen LogP contribution in [0, 0.1) is 0 Å². The van der Waals surface area contributed by atoms with Gasteiger partial charge in [-0.05, 0) is 38.6 Å². The second-order valence-corrected chi connectivity index (χ2v) is 6.91. The molecule has 0 heterocycles. The summed E-state index contributed by atoms with van der Waals surface area (Å²) in [5, 5.41) is 3.51. The van der Waals surface area contributed by atoms with Gasteiger partial charge < -0.3 is 5.32 Å². The molecule has 6 heteroatoms. The molecule has 2 N–H and O–H groups in total. The maximum atomic E-state index is 12.1. The number of hydrogen-bond donors (Lipinski definition) is 2. The van der Waals surface area contributed by atoms with E-state index in [1.165, 1.54) is 4.31 Å². The minimum atomic E-state index is -3.29. The van der Waals surface area contributed by atoms with E-state index < -0.39 is 10.2 Å². The predicted molar refractivity (Wildman–Crippen MR) is 79.3 cm³/mol. The molecule has 0 aromatic rings. The molecule has 0 amide bonds. The van der Waals surface area contributed by atoms with Gasteiger partial charge in [-0.3, -0.25) is 0 Å². The Bertz CT molecular complexity index is 334. The number of nitrogens with zero attached hydrogens (tertiary/aromatic N) is 1. The van der Waals surface area contributed by atoms with Gasteiger partial charge in [-0.1, -0.05) is 20.8 Å². The molecule has 1 aliphatic carbocycles. The largest absolute Gasteiger partial charge is 0.314 e. The maximum Gasteiger partial charge on any atom is 0.279 e. The monoisotopic (exact) mass is 291 g/mol. The van der Waals surface area contributed by atoms with Gasteiger partial charge in [0.1, 0.15) is 0 Å². The van der Waals surface area contributed by atoms with Crippen LogP contribution < -0.4 is 10.0 Å². The average Bonchev–Trinajstić information content (AvgIpc) is 2.38. The second-order valence-electron chi connectivity index (χ2n) is 5.21. The van der Waals surface area contributed by atoms with E-state index in [9.17, 15) is 8.42 Å². The summed E-state index contributed by atoms with van der Waals surface area (Å²) in [6, 6.07) is 0.666. The summed E-state index contributed by atoms with van der Waals surface area (Å²) >= 11 is 0. The molecule has 1 fully saturated rings. The molecule has 114 valence electrons. The Kier molecular flexibility index (Phi) is 7.28. The summed E-state index contributed by atoms with van der Waals surface area (Å²) in [6.07, 6.45) is 5.13. The summed E-state index contributed by atoms with van der Waals surface area (Å²) in [5.74, 6) is 0. The molecule has 1 aliphatic rings. The van der Waals surface area contributed by atoms with E-state index in [2.05, 4.69) is 17.0 Å². The fourth-order valence-corrected chi connectivity index (χ4v) is 4.10. The predicted octanol–water partition coefficient (Wildman–Crippen LogP) is 1.47. The number of hydrogen-bond acceptors (Lipinski definition) is 3. The fourth-order valence-electron chi connectivity index (χ4n) is 2.61. The summed E-state index contributed by atoms with van der Waals surface area (Å²) < 4.78 is 28.6. The van der Waals surface area contributed by atoms with Crippen molar-refractivity contribution in [1.29, 1.82) is 0 Å². The van der Waals surface area contributed by atoms with Crippen LogP contribution in [-0.2, 0) is 10.2 Å². The van der Waals surface area contributed by atoms with Crippen molar-refractivity contribution in [2.24, 2.45) is 0 Å². The lowest BCUT2D eigenvalue weighted by molar-refractivity contribution is 0.323. The number of nitrogens with one attached hydrogen (secondary N) is 2. The first-order valence-corrected chi connectivity index (χ1v) is 8.98. The molecule has 1 rings (SSSR count). The molecule has 0 spiro atoms. The van der Waals surface area contributed by atoms with Crippen LogP contribution in [0.25, 0.3) is 0 Å². The minimum Gasteiger partial charge on any atom is -0.314 e. The van der Waals surface area contributed by atoms with Crippen molar-refractivity contribution in [2.45, 2.75) is 65.0 Å². The Hall–Kier alpha value is -0.170. The number of rotatable bonds is 8. The van der Waals surface area contributed by atoms with Gasteiger partial charge in [0.15, 0.2) is 0 Å². The molecule has 0 saturated heterocycles. The zero-order chi connectivity index (χ0) is 14.3. The SMILES string of the molecule is CCCNC1CCC(NS(=O)(=O)N(CC)CC)CC1. The molecule has 0 aliphatic heterocycles. The van der Waals surface area contributed by atoms with E-state index in [0.29, 0.717) is 19.1 Å². The third-order valence-corrected chi connectivity index (χ3v) is 5.60. The second kappa shape index (κ2) is 8.19. The quantitative estimate of drug-likeness (QED) is 0.712. The lowest BCUT2D eigenvalue weighted by atomic mass is 9.92. The Morgan fingerprint density at radius 3 is 2.00 bits per heavy atom. The highest BCUT2D eigenvalue weighted by atomic mass is 32.2. The lowest BCUT2D eigenvalue weighted by Gasteiger charge is -2.31. The summed E-state index contributed by atoms with van der Waals surface area (Å²) in [5.41, 5.74) is 0. The van der Waals surface area contributed by atoms with Crippen molar-refractivity contribution in [1.82, 2.24) is 14.3 Å². The molecule has 19 heavy (non-hydrogen) atoms. The van der Waals surface area contributed by atoms with E-state index in [0.717, 1.165) is 38.6 Å². The lowest BCUT2D eigenvalue weighted by Crippen LogP contribution is -2.47. The Morgan fingerprint density at radius 2 is 1.53 bits per heavy atom. The molecule has 0 unspecified atom stereocenters. The molecule has 0 bridgehead atoms. The Labute approximate surface area is 118 Å². The molecule has 0 radical (unpaired) electrons. The van der Waals surface area contributed by atoms with Gasteiger partial charge in [0.25, 0.3) is 10.2 Å². The van der Waals surface area contributed by atoms with Crippen molar-refractivity contribution in [3.63, 3.8) is 0 Å². The van der Waals surface area contributed by atoms with Crippen LogP contribution in [0.15, 0.2) is 0 Å². The molecule has 0 aromatic carbocycles. The summed E-state index contributed by atoms with van der Waals surface area (Å²) in [7, 11) is -3.29. The van der Waals surface area contributed by atoms with Gasteiger partial charge in [0.2, 0.25) is 0 Å². The smallest absolute Gasteiger partial charge is 0.279 e. The van der Waals surface area contributed by atoms with Crippen molar-refractivity contribution in [2.75, 3.05) is 19.6 Å². The van der Waals surface area contributed by atoms with Crippen LogP contribution in [0.5, 0.6) is 0 Å². The van der Waals surface area contributed by atoms with Crippen LogP contribution >= 0.6 is 0 Å². The molecular weight excluding hydrogens is 262 g/mol. The van der Waals surface area contributed by atoms with Gasteiger partial charge >= 0.3 is 0 Å². The Morgan fingerprint density at radius 1 is 1.00 bits per heavy atom.